The standard InChI is InChI=1S/C13H15N3O2S/c1-8(2)18-11-4-3-9(7-10(11)14)12(17)16-13-15-5-6-19-13/h3-8H,14H2,1-2H3,(H,15,16,17). The van der Waals surface area contributed by atoms with Gasteiger partial charge in [-0.3, -0.25) is 10.1 Å². The van der Waals surface area contributed by atoms with E-state index in [-0.39, 0.29) is 12.0 Å². The Morgan fingerprint density at radius 1 is 1.47 bits per heavy atom. The maximum atomic E-state index is 12.0. The zero-order valence-corrected chi connectivity index (χ0v) is 11.5. The van der Waals surface area contributed by atoms with E-state index in [4.69, 9.17) is 10.5 Å². The largest absolute Gasteiger partial charge is 0.489 e. The van der Waals surface area contributed by atoms with E-state index in [1.54, 1.807) is 29.8 Å². The fourth-order valence-corrected chi connectivity index (χ4v) is 2.03. The van der Waals surface area contributed by atoms with Crippen molar-refractivity contribution < 1.29 is 9.53 Å². The number of ether oxygens (including phenoxy) is 1. The zero-order valence-electron chi connectivity index (χ0n) is 10.7. The van der Waals surface area contributed by atoms with Crippen LogP contribution in [0.25, 0.3) is 0 Å². The van der Waals surface area contributed by atoms with Gasteiger partial charge in [0.25, 0.3) is 5.91 Å². The second-order valence-electron chi connectivity index (χ2n) is 4.21. The van der Waals surface area contributed by atoms with E-state index in [1.165, 1.54) is 11.3 Å². The molecule has 3 N–H and O–H groups in total. The van der Waals surface area contributed by atoms with Gasteiger partial charge in [0.05, 0.1) is 11.8 Å². The first-order valence-electron chi connectivity index (χ1n) is 5.83. The van der Waals surface area contributed by atoms with E-state index < -0.39 is 0 Å². The highest BCUT2D eigenvalue weighted by Crippen LogP contribution is 2.24. The Labute approximate surface area is 115 Å². The van der Waals surface area contributed by atoms with Crippen LogP contribution in [0.2, 0.25) is 0 Å². The number of thiazole rings is 1. The minimum absolute atomic E-state index is 0.0392. The molecule has 1 aromatic heterocycles. The number of hydrogen-bond acceptors (Lipinski definition) is 5. The second-order valence-corrected chi connectivity index (χ2v) is 5.11. The van der Waals surface area contributed by atoms with Gasteiger partial charge in [-0.1, -0.05) is 0 Å². The van der Waals surface area contributed by atoms with Gasteiger partial charge in [-0.25, -0.2) is 4.98 Å². The maximum Gasteiger partial charge on any atom is 0.257 e. The number of carbonyl (C=O) groups is 1. The number of aromatic nitrogens is 1. The Kier molecular flexibility index (Phi) is 4.01. The Morgan fingerprint density at radius 2 is 2.26 bits per heavy atom. The van der Waals surface area contributed by atoms with Crippen LogP contribution in [-0.4, -0.2) is 17.0 Å². The van der Waals surface area contributed by atoms with E-state index in [9.17, 15) is 4.79 Å². The van der Waals surface area contributed by atoms with Gasteiger partial charge in [-0.05, 0) is 32.0 Å². The number of rotatable bonds is 4. The number of benzene rings is 1. The minimum atomic E-state index is -0.238. The van der Waals surface area contributed by atoms with Crippen molar-refractivity contribution in [1.82, 2.24) is 4.98 Å². The number of anilines is 2. The van der Waals surface area contributed by atoms with Gasteiger partial charge in [-0.15, -0.1) is 11.3 Å². The molecule has 0 unspecified atom stereocenters. The SMILES string of the molecule is CC(C)Oc1ccc(C(=O)Nc2nccs2)cc1N. The number of nitrogens with two attached hydrogens (primary N) is 1. The molecule has 19 heavy (non-hydrogen) atoms. The van der Waals surface area contributed by atoms with Gasteiger partial charge in [-0.2, -0.15) is 0 Å². The molecule has 1 heterocycles. The number of hydrogen-bond donors (Lipinski definition) is 2. The third-order valence-electron chi connectivity index (χ3n) is 2.29. The second kappa shape index (κ2) is 5.71. The Balaban J connectivity index is 2.13. The average Bonchev–Trinajstić information content (AvgIpc) is 2.84. The van der Waals surface area contributed by atoms with E-state index >= 15 is 0 Å². The van der Waals surface area contributed by atoms with E-state index in [0.717, 1.165) is 0 Å². The monoisotopic (exact) mass is 277 g/mol. The van der Waals surface area contributed by atoms with E-state index in [2.05, 4.69) is 10.3 Å². The summed E-state index contributed by atoms with van der Waals surface area (Å²) in [6.07, 6.45) is 1.67. The summed E-state index contributed by atoms with van der Waals surface area (Å²) in [6, 6.07) is 4.98. The minimum Gasteiger partial charge on any atom is -0.489 e. The molecule has 100 valence electrons. The number of nitrogen functional groups attached to an aromatic ring is 1. The number of nitrogens with one attached hydrogen (secondary N) is 1. The summed E-state index contributed by atoms with van der Waals surface area (Å²) in [7, 11) is 0. The molecule has 0 saturated carbocycles. The molecule has 0 saturated heterocycles. The fraction of sp³-hybridized carbons (Fsp3) is 0.231. The topological polar surface area (TPSA) is 77.2 Å². The highest BCUT2D eigenvalue weighted by atomic mass is 32.1. The van der Waals surface area contributed by atoms with Gasteiger partial charge < -0.3 is 10.5 Å². The molecule has 0 radical (unpaired) electrons. The number of carbonyl (C=O) groups excluding carboxylic acids is 1. The summed E-state index contributed by atoms with van der Waals surface area (Å²) in [5.41, 5.74) is 6.78. The van der Waals surface area contributed by atoms with Gasteiger partial charge >= 0.3 is 0 Å². The first-order valence-corrected chi connectivity index (χ1v) is 6.71. The first kappa shape index (κ1) is 13.4. The smallest absolute Gasteiger partial charge is 0.257 e. The molecular weight excluding hydrogens is 262 g/mol. The fourth-order valence-electron chi connectivity index (χ4n) is 1.51. The number of amides is 1. The van der Waals surface area contributed by atoms with Crippen LogP contribution in [0.1, 0.15) is 24.2 Å². The van der Waals surface area contributed by atoms with Crippen molar-refractivity contribution in [2.24, 2.45) is 0 Å². The van der Waals surface area contributed by atoms with Crippen LogP contribution < -0.4 is 15.8 Å². The molecule has 2 rings (SSSR count). The van der Waals surface area contributed by atoms with Crippen LogP contribution in [0.3, 0.4) is 0 Å². The molecule has 2 aromatic rings. The third-order valence-corrected chi connectivity index (χ3v) is 2.98. The lowest BCUT2D eigenvalue weighted by Gasteiger charge is -2.12. The molecule has 0 aliphatic heterocycles. The van der Waals surface area contributed by atoms with Crippen molar-refractivity contribution in [2.45, 2.75) is 20.0 Å². The predicted octanol–water partition coefficient (Wildman–Crippen LogP) is 2.76. The van der Waals surface area contributed by atoms with Crippen LogP contribution in [0.15, 0.2) is 29.8 Å². The van der Waals surface area contributed by atoms with Crippen LogP contribution >= 0.6 is 11.3 Å². The Bertz CT molecular complexity index is 567. The van der Waals surface area contributed by atoms with Crippen molar-refractivity contribution in [3.05, 3.63) is 35.3 Å². The molecule has 1 amide bonds. The molecule has 0 fully saturated rings. The molecule has 0 aliphatic rings. The third kappa shape index (κ3) is 3.45. The van der Waals surface area contributed by atoms with Gasteiger partial charge in [0.1, 0.15) is 5.75 Å². The summed E-state index contributed by atoms with van der Waals surface area (Å²) in [5.74, 6) is 0.346. The van der Waals surface area contributed by atoms with Gasteiger partial charge in [0, 0.05) is 17.1 Å². The summed E-state index contributed by atoms with van der Waals surface area (Å²) < 4.78 is 5.52. The molecule has 0 aliphatic carbocycles. The Morgan fingerprint density at radius 3 is 2.84 bits per heavy atom. The first-order chi connectivity index (χ1) is 9.06. The lowest BCUT2D eigenvalue weighted by atomic mass is 10.2. The summed E-state index contributed by atoms with van der Waals surface area (Å²) in [4.78, 5) is 15.9. The summed E-state index contributed by atoms with van der Waals surface area (Å²) in [5, 5.41) is 5.05. The lowest BCUT2D eigenvalue weighted by molar-refractivity contribution is 0.102. The van der Waals surface area contributed by atoms with Crippen LogP contribution in [0, 0.1) is 0 Å². The van der Waals surface area contributed by atoms with E-state index in [0.29, 0.717) is 22.1 Å². The molecule has 1 aromatic carbocycles. The van der Waals surface area contributed by atoms with Gasteiger partial charge in [0.2, 0.25) is 0 Å². The maximum absolute atomic E-state index is 12.0. The van der Waals surface area contributed by atoms with Crippen LogP contribution in [-0.2, 0) is 0 Å². The van der Waals surface area contributed by atoms with Crippen molar-refractivity contribution in [1.29, 1.82) is 0 Å². The molecule has 6 heteroatoms. The average molecular weight is 277 g/mol. The van der Waals surface area contributed by atoms with Crippen molar-refractivity contribution in [3.63, 3.8) is 0 Å². The van der Waals surface area contributed by atoms with Crippen LogP contribution in [0.4, 0.5) is 10.8 Å². The summed E-state index contributed by atoms with van der Waals surface area (Å²) >= 11 is 1.36. The quantitative estimate of drug-likeness (QED) is 0.842. The lowest BCUT2D eigenvalue weighted by Crippen LogP contribution is -2.13. The van der Waals surface area contributed by atoms with Gasteiger partial charge in [0.15, 0.2) is 5.13 Å². The zero-order chi connectivity index (χ0) is 13.8. The molecule has 0 atom stereocenters. The Hall–Kier alpha value is -2.08. The van der Waals surface area contributed by atoms with E-state index in [1.807, 2.05) is 13.8 Å². The van der Waals surface area contributed by atoms with Crippen molar-refractivity contribution >= 4 is 28.1 Å². The normalized spacial score (nSPS) is 10.5. The molecule has 5 nitrogen and oxygen atoms in total. The predicted molar refractivity (Wildman–Crippen MR) is 76.7 cm³/mol. The van der Waals surface area contributed by atoms with Crippen molar-refractivity contribution in [2.75, 3.05) is 11.1 Å². The van der Waals surface area contributed by atoms with Crippen molar-refractivity contribution in [3.8, 4) is 5.75 Å². The van der Waals surface area contributed by atoms with Crippen LogP contribution in [0.5, 0.6) is 5.75 Å². The molecular formula is C13H15N3O2S. The molecule has 0 bridgehead atoms. The highest BCUT2D eigenvalue weighted by molar-refractivity contribution is 7.13. The molecule has 0 spiro atoms. The summed E-state index contributed by atoms with van der Waals surface area (Å²) in [6.45, 7) is 3.84. The number of nitrogens with zero attached hydrogens (tertiary/aromatic N) is 1. The highest BCUT2D eigenvalue weighted by Gasteiger charge is 2.10.